The number of nitrogens with zero attached hydrogens (tertiary/aromatic N) is 2. The number of carbonyl (C=O) groups is 2. The van der Waals surface area contributed by atoms with E-state index in [0.717, 1.165) is 11.1 Å². The number of halogens is 1. The summed E-state index contributed by atoms with van der Waals surface area (Å²) in [4.78, 5) is 31.0. The number of para-hydroxylation sites is 2. The zero-order valence-electron chi connectivity index (χ0n) is 18.9. The number of nitrogens with one attached hydrogen (secondary N) is 1. The number of carbonyl (C=O) groups excluding carboxylic acids is 2. The lowest BCUT2D eigenvalue weighted by Gasteiger charge is -2.29. The summed E-state index contributed by atoms with van der Waals surface area (Å²) in [6.07, 6.45) is 2.09. The lowest BCUT2D eigenvalue weighted by Crippen LogP contribution is -2.38. The molecule has 8 nitrogen and oxygen atoms in total. The highest BCUT2D eigenvalue weighted by Crippen LogP contribution is 2.26. The summed E-state index contributed by atoms with van der Waals surface area (Å²) in [7, 11) is 0. The SMILES string of the molecule is C[C@@H](OC(=O)N(CCN)[C@@H](C)c1cncc(Cl)c1)c1ccc(C(=O)Nc2ccccc2O)cc1. The second kappa shape index (κ2) is 11.5. The summed E-state index contributed by atoms with van der Waals surface area (Å²) in [5.41, 5.74) is 7.93. The lowest BCUT2D eigenvalue weighted by atomic mass is 10.1. The molecule has 178 valence electrons. The molecule has 0 radical (unpaired) electrons. The third-order valence-corrected chi connectivity index (χ3v) is 5.56. The van der Waals surface area contributed by atoms with Gasteiger partial charge in [0.1, 0.15) is 11.9 Å². The molecule has 0 saturated carbocycles. The zero-order valence-corrected chi connectivity index (χ0v) is 19.7. The quantitative estimate of drug-likeness (QED) is 0.392. The Morgan fingerprint density at radius 2 is 1.82 bits per heavy atom. The van der Waals surface area contributed by atoms with Crippen LogP contribution in [-0.4, -0.2) is 40.1 Å². The number of aromatic nitrogens is 1. The summed E-state index contributed by atoms with van der Waals surface area (Å²) in [5, 5.41) is 13.0. The summed E-state index contributed by atoms with van der Waals surface area (Å²) in [5.74, 6) is -0.381. The molecule has 0 unspecified atom stereocenters. The fourth-order valence-electron chi connectivity index (χ4n) is 3.39. The minimum atomic E-state index is -0.562. The molecule has 2 atom stereocenters. The standard InChI is InChI=1S/C25H27ClN4O4/c1-16(20-13-21(26)15-28-14-20)30(12-11-27)25(33)34-17(2)18-7-9-19(10-8-18)24(32)29-22-5-3-4-6-23(22)31/h3-10,13-17,31H,11-12,27H2,1-2H3,(H,29,32)/t16-,17+/m0/s1. The third kappa shape index (κ3) is 6.24. The predicted octanol–water partition coefficient (Wildman–Crippen LogP) is 4.91. The normalized spacial score (nSPS) is 12.5. The smallest absolute Gasteiger partial charge is 0.410 e. The highest BCUT2D eigenvalue weighted by atomic mass is 35.5. The van der Waals surface area contributed by atoms with Gasteiger partial charge < -0.3 is 25.8 Å². The Morgan fingerprint density at radius 1 is 1.12 bits per heavy atom. The van der Waals surface area contributed by atoms with Crippen molar-refractivity contribution in [3.05, 3.63) is 88.7 Å². The van der Waals surface area contributed by atoms with Gasteiger partial charge in [0.05, 0.1) is 16.8 Å². The van der Waals surface area contributed by atoms with Crippen LogP contribution in [0, 0.1) is 0 Å². The molecular formula is C25H27ClN4O4. The largest absolute Gasteiger partial charge is 0.506 e. The van der Waals surface area contributed by atoms with Crippen LogP contribution >= 0.6 is 11.6 Å². The van der Waals surface area contributed by atoms with Crippen molar-refractivity contribution in [1.82, 2.24) is 9.88 Å². The molecule has 0 spiro atoms. The van der Waals surface area contributed by atoms with E-state index in [1.54, 1.807) is 61.7 Å². The summed E-state index contributed by atoms with van der Waals surface area (Å²) in [6, 6.07) is 14.6. The number of amides is 2. The first-order valence-electron chi connectivity index (χ1n) is 10.8. The highest BCUT2D eigenvalue weighted by Gasteiger charge is 2.25. The van der Waals surface area contributed by atoms with Gasteiger partial charge in [0, 0.05) is 31.0 Å². The fourth-order valence-corrected chi connectivity index (χ4v) is 3.57. The van der Waals surface area contributed by atoms with Gasteiger partial charge in [0.25, 0.3) is 5.91 Å². The van der Waals surface area contributed by atoms with Crippen LogP contribution in [0.2, 0.25) is 5.02 Å². The topological polar surface area (TPSA) is 118 Å². The van der Waals surface area contributed by atoms with E-state index in [2.05, 4.69) is 10.3 Å². The molecule has 1 aromatic heterocycles. The highest BCUT2D eigenvalue weighted by molar-refractivity contribution is 6.30. The average molecular weight is 483 g/mol. The Balaban J connectivity index is 1.66. The van der Waals surface area contributed by atoms with Gasteiger partial charge in [0.2, 0.25) is 0 Å². The number of phenolic OH excluding ortho intramolecular Hbond substituents is 1. The van der Waals surface area contributed by atoms with Crippen molar-refractivity contribution >= 4 is 29.3 Å². The first-order chi connectivity index (χ1) is 16.3. The van der Waals surface area contributed by atoms with E-state index in [0.29, 0.717) is 22.8 Å². The maximum atomic E-state index is 12.9. The minimum absolute atomic E-state index is 0.0159. The van der Waals surface area contributed by atoms with E-state index in [4.69, 9.17) is 22.1 Å². The van der Waals surface area contributed by atoms with Gasteiger partial charge in [-0.2, -0.15) is 0 Å². The molecule has 0 aliphatic carbocycles. The zero-order chi connectivity index (χ0) is 24.7. The molecule has 0 aliphatic heterocycles. The molecule has 0 fully saturated rings. The maximum absolute atomic E-state index is 12.9. The van der Waals surface area contributed by atoms with Crippen molar-refractivity contribution in [2.24, 2.45) is 5.73 Å². The lowest BCUT2D eigenvalue weighted by molar-refractivity contribution is 0.0595. The molecule has 34 heavy (non-hydrogen) atoms. The number of ether oxygens (including phenoxy) is 1. The number of nitrogens with two attached hydrogens (primary N) is 1. The van der Waals surface area contributed by atoms with Crippen LogP contribution < -0.4 is 11.1 Å². The van der Waals surface area contributed by atoms with E-state index >= 15 is 0 Å². The number of pyridine rings is 1. The number of benzene rings is 2. The van der Waals surface area contributed by atoms with Crippen LogP contribution in [0.25, 0.3) is 0 Å². The Labute approximate surface area is 203 Å². The van der Waals surface area contributed by atoms with Gasteiger partial charge >= 0.3 is 6.09 Å². The second-order valence-electron chi connectivity index (χ2n) is 7.71. The molecule has 1 heterocycles. The first kappa shape index (κ1) is 25.0. The van der Waals surface area contributed by atoms with Gasteiger partial charge in [-0.3, -0.25) is 9.78 Å². The number of rotatable bonds is 8. The molecule has 3 rings (SSSR count). The number of hydrogen-bond acceptors (Lipinski definition) is 6. The molecule has 9 heteroatoms. The number of phenols is 1. The molecule has 2 amide bonds. The van der Waals surface area contributed by atoms with E-state index in [1.807, 2.05) is 6.92 Å². The summed E-state index contributed by atoms with van der Waals surface area (Å²) in [6.45, 7) is 4.17. The Kier molecular flexibility index (Phi) is 8.45. The number of aromatic hydroxyl groups is 1. The van der Waals surface area contributed by atoms with Crippen LogP contribution in [0.15, 0.2) is 67.0 Å². The van der Waals surface area contributed by atoms with Gasteiger partial charge in [-0.25, -0.2) is 4.79 Å². The van der Waals surface area contributed by atoms with Crippen LogP contribution in [0.5, 0.6) is 5.75 Å². The Morgan fingerprint density at radius 3 is 2.47 bits per heavy atom. The second-order valence-corrected chi connectivity index (χ2v) is 8.15. The molecule has 4 N–H and O–H groups in total. The van der Waals surface area contributed by atoms with Crippen molar-refractivity contribution in [3.8, 4) is 5.75 Å². The van der Waals surface area contributed by atoms with Gasteiger partial charge in [-0.15, -0.1) is 0 Å². The van der Waals surface area contributed by atoms with Crippen molar-refractivity contribution in [2.75, 3.05) is 18.4 Å². The molecule has 0 saturated heterocycles. The van der Waals surface area contributed by atoms with Crippen molar-refractivity contribution in [2.45, 2.75) is 26.0 Å². The van der Waals surface area contributed by atoms with E-state index in [9.17, 15) is 14.7 Å². The van der Waals surface area contributed by atoms with Gasteiger partial charge in [-0.1, -0.05) is 35.9 Å². The predicted molar refractivity (Wildman–Crippen MR) is 131 cm³/mol. The van der Waals surface area contributed by atoms with Crippen LogP contribution in [0.3, 0.4) is 0 Å². The molecule has 2 aromatic carbocycles. The van der Waals surface area contributed by atoms with Crippen LogP contribution in [-0.2, 0) is 4.74 Å². The van der Waals surface area contributed by atoms with Gasteiger partial charge in [0.15, 0.2) is 0 Å². The average Bonchev–Trinajstić information content (AvgIpc) is 2.83. The van der Waals surface area contributed by atoms with Gasteiger partial charge in [-0.05, 0) is 55.3 Å². The molecule has 3 aromatic rings. The van der Waals surface area contributed by atoms with Crippen molar-refractivity contribution in [3.63, 3.8) is 0 Å². The molecule has 0 aliphatic rings. The Bertz CT molecular complexity index is 1140. The minimum Gasteiger partial charge on any atom is -0.506 e. The van der Waals surface area contributed by atoms with Crippen molar-refractivity contribution < 1.29 is 19.4 Å². The third-order valence-electron chi connectivity index (χ3n) is 5.35. The first-order valence-corrected chi connectivity index (χ1v) is 11.1. The van der Waals surface area contributed by atoms with Crippen molar-refractivity contribution in [1.29, 1.82) is 0 Å². The van der Waals surface area contributed by atoms with Crippen LogP contribution in [0.1, 0.15) is 47.5 Å². The van der Waals surface area contributed by atoms with E-state index < -0.39 is 12.2 Å². The van der Waals surface area contributed by atoms with E-state index in [1.165, 1.54) is 17.2 Å². The van der Waals surface area contributed by atoms with E-state index in [-0.39, 0.29) is 24.2 Å². The maximum Gasteiger partial charge on any atom is 0.410 e. The number of hydrogen-bond donors (Lipinski definition) is 3. The fraction of sp³-hybridized carbons (Fsp3) is 0.240. The van der Waals surface area contributed by atoms with Crippen LogP contribution in [0.4, 0.5) is 10.5 Å². The monoisotopic (exact) mass is 482 g/mol. The summed E-state index contributed by atoms with van der Waals surface area (Å²) < 4.78 is 5.68. The molecule has 0 bridgehead atoms. The number of anilines is 1. The summed E-state index contributed by atoms with van der Waals surface area (Å²) >= 11 is 6.04. The molecular weight excluding hydrogens is 456 g/mol. The Hall–Kier alpha value is -3.62.